The minimum Gasteiger partial charge on any atom is -0.457 e. The number of piperidine rings is 1. The number of amides is 2. The van der Waals surface area contributed by atoms with Gasteiger partial charge in [-0.05, 0) is 30.5 Å². The van der Waals surface area contributed by atoms with Crippen molar-refractivity contribution in [3.05, 3.63) is 29.3 Å². The zero-order valence-electron chi connectivity index (χ0n) is 14.5. The smallest absolute Gasteiger partial charge is 0.338 e. The molecule has 3 atom stereocenters. The third-order valence-corrected chi connectivity index (χ3v) is 5.50. The number of carbonyl (C=O) groups excluding carboxylic acids is 2. The van der Waals surface area contributed by atoms with E-state index in [9.17, 15) is 9.59 Å². The fraction of sp³-hybridized carbons (Fsp3) is 0.556. The van der Waals surface area contributed by atoms with Crippen molar-refractivity contribution in [3.8, 4) is 0 Å². The first-order valence-corrected chi connectivity index (χ1v) is 8.90. The second kappa shape index (κ2) is 6.31. The van der Waals surface area contributed by atoms with E-state index in [1.807, 2.05) is 11.0 Å². The molecule has 3 aliphatic heterocycles. The molecule has 0 bridgehead atoms. The fourth-order valence-electron chi connectivity index (χ4n) is 4.09. The number of fused-ring (bicyclic) bond motifs is 2. The number of hydrogen-bond donors (Lipinski definition) is 3. The van der Waals surface area contributed by atoms with Gasteiger partial charge in [0.15, 0.2) is 0 Å². The summed E-state index contributed by atoms with van der Waals surface area (Å²) in [5.41, 5.74) is 8.87. The maximum absolute atomic E-state index is 12.7. The predicted molar refractivity (Wildman–Crippen MR) is 92.9 cm³/mol. The lowest BCUT2D eigenvalue weighted by atomic mass is 9.83. The lowest BCUT2D eigenvalue weighted by Gasteiger charge is -2.36. The Kier molecular flexibility index (Phi) is 4.13. The molecule has 0 saturated carbocycles. The first kappa shape index (κ1) is 16.4. The van der Waals surface area contributed by atoms with Crippen LogP contribution < -0.4 is 16.2 Å². The van der Waals surface area contributed by atoms with Crippen LogP contribution in [0.3, 0.4) is 0 Å². The highest BCUT2D eigenvalue weighted by atomic mass is 16.5. The Balaban J connectivity index is 1.42. The normalized spacial score (nSPS) is 27.9. The second-order valence-corrected chi connectivity index (χ2v) is 7.44. The number of rotatable bonds is 2. The molecular formula is C18H24N4O3. The molecule has 3 N–H and O–H groups in total. The van der Waals surface area contributed by atoms with Crippen LogP contribution in [-0.2, 0) is 11.3 Å². The summed E-state index contributed by atoms with van der Waals surface area (Å²) in [5, 5.41) is 2.96. The Morgan fingerprint density at radius 2 is 2.20 bits per heavy atom. The van der Waals surface area contributed by atoms with E-state index in [-0.39, 0.29) is 18.6 Å². The van der Waals surface area contributed by atoms with Crippen molar-refractivity contribution < 1.29 is 14.3 Å². The van der Waals surface area contributed by atoms with Crippen LogP contribution in [0.4, 0.5) is 10.5 Å². The molecule has 2 saturated heterocycles. The molecule has 3 aliphatic rings. The van der Waals surface area contributed by atoms with Crippen LogP contribution in [0.2, 0.25) is 0 Å². The molecule has 7 heteroatoms. The van der Waals surface area contributed by atoms with Gasteiger partial charge in [0.25, 0.3) is 0 Å². The number of nitrogens with zero attached hydrogens (tertiary/aromatic N) is 1. The van der Waals surface area contributed by atoms with E-state index in [0.29, 0.717) is 35.2 Å². The summed E-state index contributed by atoms with van der Waals surface area (Å²) in [6.45, 7) is 6.16. The van der Waals surface area contributed by atoms with Crippen LogP contribution >= 0.6 is 0 Å². The molecule has 3 unspecified atom stereocenters. The van der Waals surface area contributed by atoms with Gasteiger partial charge in [0.05, 0.1) is 5.56 Å². The van der Waals surface area contributed by atoms with Gasteiger partial charge in [0.2, 0.25) is 0 Å². The number of urea groups is 1. The van der Waals surface area contributed by atoms with Gasteiger partial charge in [-0.3, -0.25) is 10.9 Å². The van der Waals surface area contributed by atoms with Crippen LogP contribution in [0.25, 0.3) is 0 Å². The Morgan fingerprint density at radius 1 is 1.36 bits per heavy atom. The van der Waals surface area contributed by atoms with E-state index in [1.54, 1.807) is 12.1 Å². The molecule has 134 valence electrons. The Morgan fingerprint density at radius 3 is 3.00 bits per heavy atom. The summed E-state index contributed by atoms with van der Waals surface area (Å²) in [7, 11) is 0. The maximum Gasteiger partial charge on any atom is 0.338 e. The number of hydrazine groups is 1. The third kappa shape index (κ3) is 2.98. The van der Waals surface area contributed by atoms with Gasteiger partial charge in [-0.15, -0.1) is 0 Å². The molecule has 2 amide bonds. The standard InChI is InChI=1S/C18H24N4O3/c1-10(2)16-14-8-22(6-5-15(14)20-21-16)18(24)19-12-3-4-13-11(7-12)9-25-17(13)23/h3-4,7,10,14-16,20-21H,5-6,8-9H2,1-2H3,(H,19,24). The lowest BCUT2D eigenvalue weighted by Crippen LogP contribution is -2.50. The molecule has 0 radical (unpaired) electrons. The van der Waals surface area contributed by atoms with Crippen LogP contribution in [0, 0.1) is 11.8 Å². The predicted octanol–water partition coefficient (Wildman–Crippen LogP) is 1.71. The summed E-state index contributed by atoms with van der Waals surface area (Å²) < 4.78 is 5.01. The minimum atomic E-state index is -0.295. The van der Waals surface area contributed by atoms with Crippen molar-refractivity contribution in [3.63, 3.8) is 0 Å². The van der Waals surface area contributed by atoms with Crippen molar-refractivity contribution in [2.24, 2.45) is 11.8 Å². The highest BCUT2D eigenvalue weighted by molar-refractivity contribution is 5.95. The maximum atomic E-state index is 12.7. The monoisotopic (exact) mass is 344 g/mol. The summed E-state index contributed by atoms with van der Waals surface area (Å²) in [4.78, 5) is 26.1. The fourth-order valence-corrected chi connectivity index (χ4v) is 4.09. The lowest BCUT2D eigenvalue weighted by molar-refractivity contribution is 0.0535. The first-order valence-electron chi connectivity index (χ1n) is 8.90. The van der Waals surface area contributed by atoms with E-state index in [4.69, 9.17) is 4.74 Å². The van der Waals surface area contributed by atoms with Gasteiger partial charge in [0, 0.05) is 42.3 Å². The quantitative estimate of drug-likeness (QED) is 0.712. The largest absolute Gasteiger partial charge is 0.457 e. The van der Waals surface area contributed by atoms with Gasteiger partial charge in [-0.1, -0.05) is 13.8 Å². The van der Waals surface area contributed by atoms with Gasteiger partial charge in [-0.2, -0.15) is 0 Å². The molecular weight excluding hydrogens is 320 g/mol. The average Bonchev–Trinajstić information content (AvgIpc) is 3.18. The van der Waals surface area contributed by atoms with Crippen LogP contribution in [-0.4, -0.2) is 42.1 Å². The molecule has 0 aliphatic carbocycles. The summed E-state index contributed by atoms with van der Waals surface area (Å²) >= 11 is 0. The van der Waals surface area contributed by atoms with Crippen LogP contribution in [0.1, 0.15) is 36.2 Å². The average molecular weight is 344 g/mol. The van der Waals surface area contributed by atoms with Gasteiger partial charge < -0.3 is 15.0 Å². The van der Waals surface area contributed by atoms with Crippen molar-refractivity contribution in [2.45, 2.75) is 39.0 Å². The van der Waals surface area contributed by atoms with E-state index in [2.05, 4.69) is 30.0 Å². The van der Waals surface area contributed by atoms with Gasteiger partial charge >= 0.3 is 12.0 Å². The van der Waals surface area contributed by atoms with E-state index < -0.39 is 0 Å². The third-order valence-electron chi connectivity index (χ3n) is 5.50. The summed E-state index contributed by atoms with van der Waals surface area (Å²) in [6.07, 6.45) is 0.945. The number of carbonyl (C=O) groups is 2. The number of cyclic esters (lactones) is 1. The molecule has 3 heterocycles. The van der Waals surface area contributed by atoms with Gasteiger partial charge in [-0.25, -0.2) is 9.59 Å². The number of likely N-dealkylation sites (tertiary alicyclic amines) is 1. The highest BCUT2D eigenvalue weighted by Crippen LogP contribution is 2.29. The number of anilines is 1. The summed E-state index contributed by atoms with van der Waals surface area (Å²) in [6, 6.07) is 6.01. The number of esters is 1. The zero-order valence-corrected chi connectivity index (χ0v) is 14.5. The Bertz CT molecular complexity index is 706. The molecule has 0 aromatic heterocycles. The van der Waals surface area contributed by atoms with E-state index >= 15 is 0 Å². The minimum absolute atomic E-state index is 0.0851. The van der Waals surface area contributed by atoms with Crippen molar-refractivity contribution in [2.75, 3.05) is 18.4 Å². The van der Waals surface area contributed by atoms with Crippen molar-refractivity contribution in [1.82, 2.24) is 15.8 Å². The molecule has 25 heavy (non-hydrogen) atoms. The van der Waals surface area contributed by atoms with Crippen LogP contribution in [0.15, 0.2) is 18.2 Å². The Labute approximate surface area is 147 Å². The van der Waals surface area contributed by atoms with E-state index in [0.717, 1.165) is 25.1 Å². The number of benzene rings is 1. The second-order valence-electron chi connectivity index (χ2n) is 7.44. The van der Waals surface area contributed by atoms with Crippen LogP contribution in [0.5, 0.6) is 0 Å². The highest BCUT2D eigenvalue weighted by Gasteiger charge is 2.41. The van der Waals surface area contributed by atoms with Crippen molar-refractivity contribution in [1.29, 1.82) is 0 Å². The first-order chi connectivity index (χ1) is 12.0. The zero-order chi connectivity index (χ0) is 17.6. The molecule has 7 nitrogen and oxygen atoms in total. The molecule has 4 rings (SSSR count). The molecule has 1 aromatic carbocycles. The molecule has 0 spiro atoms. The number of nitrogens with one attached hydrogen (secondary N) is 3. The summed E-state index contributed by atoms with van der Waals surface area (Å²) in [5.74, 6) is 0.640. The topological polar surface area (TPSA) is 82.7 Å². The molecule has 1 aromatic rings. The van der Waals surface area contributed by atoms with Gasteiger partial charge in [0.1, 0.15) is 6.61 Å². The van der Waals surface area contributed by atoms with E-state index in [1.165, 1.54) is 0 Å². The van der Waals surface area contributed by atoms with Crippen molar-refractivity contribution >= 4 is 17.7 Å². The Hall–Kier alpha value is -2.12. The molecule has 2 fully saturated rings. The number of ether oxygens (including phenoxy) is 1. The SMILES string of the molecule is CC(C)C1NNC2CCN(C(=O)Nc3ccc4c(c3)COC4=O)CC21. The number of hydrogen-bond acceptors (Lipinski definition) is 5.